The molecule has 0 fully saturated rings. The van der Waals surface area contributed by atoms with E-state index in [2.05, 4.69) is 0 Å². The molecule has 4 nitrogen and oxygen atoms in total. The summed E-state index contributed by atoms with van der Waals surface area (Å²) in [4.78, 5) is 0. The zero-order chi connectivity index (χ0) is 13.2. The van der Waals surface area contributed by atoms with Crippen molar-refractivity contribution in [2.75, 3.05) is 33.5 Å². The molecule has 0 aromatic heterocycles. The molecule has 0 bridgehead atoms. The van der Waals surface area contributed by atoms with Crippen LogP contribution in [-0.4, -0.2) is 33.5 Å². The van der Waals surface area contributed by atoms with Crippen molar-refractivity contribution >= 4 is 0 Å². The maximum atomic E-state index is 13.4. The number of nitriles is 1. The van der Waals surface area contributed by atoms with Gasteiger partial charge in [0, 0.05) is 20.1 Å². The van der Waals surface area contributed by atoms with Crippen molar-refractivity contribution in [3.8, 4) is 11.8 Å². The van der Waals surface area contributed by atoms with Crippen LogP contribution >= 0.6 is 0 Å². The number of methoxy groups -OCH3 is 1. The molecular formula is C13H16FNO3. The van der Waals surface area contributed by atoms with Gasteiger partial charge < -0.3 is 14.2 Å². The SMILES string of the molecule is COCCOCCCOc1ccc(C#N)cc1F. The molecular weight excluding hydrogens is 237 g/mol. The Morgan fingerprint density at radius 2 is 2.06 bits per heavy atom. The first-order chi connectivity index (χ1) is 8.77. The minimum atomic E-state index is -0.519. The molecule has 0 amide bonds. The first-order valence-corrected chi connectivity index (χ1v) is 5.67. The van der Waals surface area contributed by atoms with Crippen LogP contribution in [0.4, 0.5) is 4.39 Å². The zero-order valence-electron chi connectivity index (χ0n) is 10.3. The maximum Gasteiger partial charge on any atom is 0.166 e. The number of nitrogens with zero attached hydrogens (tertiary/aromatic N) is 1. The number of rotatable bonds is 8. The molecule has 0 heterocycles. The molecule has 0 aliphatic carbocycles. The first kappa shape index (κ1) is 14.4. The predicted octanol–water partition coefficient (Wildman–Crippen LogP) is 2.13. The van der Waals surface area contributed by atoms with E-state index in [-0.39, 0.29) is 11.3 Å². The summed E-state index contributed by atoms with van der Waals surface area (Å²) in [5, 5.41) is 8.59. The third-order valence-corrected chi connectivity index (χ3v) is 2.18. The van der Waals surface area contributed by atoms with Crippen molar-refractivity contribution in [3.05, 3.63) is 29.6 Å². The van der Waals surface area contributed by atoms with E-state index in [1.807, 2.05) is 6.07 Å². The van der Waals surface area contributed by atoms with E-state index in [1.165, 1.54) is 12.1 Å². The molecule has 1 rings (SSSR count). The molecule has 0 N–H and O–H groups in total. The Morgan fingerprint density at radius 3 is 2.72 bits per heavy atom. The fraction of sp³-hybridized carbons (Fsp3) is 0.462. The summed E-state index contributed by atoms with van der Waals surface area (Å²) in [5.74, 6) is -0.361. The van der Waals surface area contributed by atoms with Crippen LogP contribution in [-0.2, 0) is 9.47 Å². The Hall–Kier alpha value is -1.64. The van der Waals surface area contributed by atoms with E-state index in [0.717, 1.165) is 6.07 Å². The Bertz CT molecular complexity index is 404. The predicted molar refractivity (Wildman–Crippen MR) is 63.9 cm³/mol. The van der Waals surface area contributed by atoms with Crippen LogP contribution in [0.3, 0.4) is 0 Å². The third kappa shape index (κ3) is 5.13. The molecule has 0 radical (unpaired) electrons. The lowest BCUT2D eigenvalue weighted by Crippen LogP contribution is -2.07. The van der Waals surface area contributed by atoms with Crippen LogP contribution < -0.4 is 4.74 Å². The zero-order valence-corrected chi connectivity index (χ0v) is 10.3. The van der Waals surface area contributed by atoms with Gasteiger partial charge in [0.2, 0.25) is 0 Å². The molecule has 1 aromatic rings. The second-order valence-electron chi connectivity index (χ2n) is 3.56. The summed E-state index contributed by atoms with van der Waals surface area (Å²) >= 11 is 0. The summed E-state index contributed by atoms with van der Waals surface area (Å²) in [7, 11) is 1.61. The summed E-state index contributed by atoms with van der Waals surface area (Å²) < 4.78 is 28.7. The van der Waals surface area contributed by atoms with Gasteiger partial charge in [-0.1, -0.05) is 0 Å². The lowest BCUT2D eigenvalue weighted by Gasteiger charge is -2.07. The monoisotopic (exact) mass is 253 g/mol. The van der Waals surface area contributed by atoms with E-state index >= 15 is 0 Å². The van der Waals surface area contributed by atoms with Crippen LogP contribution in [0.5, 0.6) is 5.75 Å². The van der Waals surface area contributed by atoms with Crippen LogP contribution in [0.2, 0.25) is 0 Å². The molecule has 0 atom stereocenters. The van der Waals surface area contributed by atoms with Gasteiger partial charge in [0.15, 0.2) is 11.6 Å². The fourth-order valence-electron chi connectivity index (χ4n) is 1.27. The van der Waals surface area contributed by atoms with E-state index in [9.17, 15) is 4.39 Å². The first-order valence-electron chi connectivity index (χ1n) is 5.67. The van der Waals surface area contributed by atoms with E-state index in [0.29, 0.717) is 32.8 Å². The van der Waals surface area contributed by atoms with Gasteiger partial charge in [0.1, 0.15) is 0 Å². The average Bonchev–Trinajstić information content (AvgIpc) is 2.39. The summed E-state index contributed by atoms with van der Waals surface area (Å²) in [5.41, 5.74) is 0.280. The van der Waals surface area contributed by atoms with Crippen molar-refractivity contribution in [1.29, 1.82) is 5.26 Å². The smallest absolute Gasteiger partial charge is 0.166 e. The second kappa shape index (κ2) is 8.45. The Kier molecular flexibility index (Phi) is 6.77. The van der Waals surface area contributed by atoms with Gasteiger partial charge in [-0.15, -0.1) is 0 Å². The maximum absolute atomic E-state index is 13.4. The van der Waals surface area contributed by atoms with Crippen molar-refractivity contribution in [3.63, 3.8) is 0 Å². The van der Waals surface area contributed by atoms with Crippen molar-refractivity contribution in [1.82, 2.24) is 0 Å². The van der Waals surface area contributed by atoms with Gasteiger partial charge >= 0.3 is 0 Å². The van der Waals surface area contributed by atoms with Gasteiger partial charge in [0.05, 0.1) is 31.5 Å². The largest absolute Gasteiger partial charge is 0.490 e. The second-order valence-corrected chi connectivity index (χ2v) is 3.56. The lowest BCUT2D eigenvalue weighted by molar-refractivity contribution is 0.0642. The molecule has 1 aromatic carbocycles. The van der Waals surface area contributed by atoms with Gasteiger partial charge in [0.25, 0.3) is 0 Å². The number of benzene rings is 1. The average molecular weight is 253 g/mol. The molecule has 98 valence electrons. The van der Waals surface area contributed by atoms with Crippen molar-refractivity contribution in [2.24, 2.45) is 0 Å². The Labute approximate surface area is 106 Å². The summed E-state index contributed by atoms with van der Waals surface area (Å²) in [6, 6.07) is 6.00. The molecule has 18 heavy (non-hydrogen) atoms. The van der Waals surface area contributed by atoms with Gasteiger partial charge in [-0.2, -0.15) is 5.26 Å². The topological polar surface area (TPSA) is 51.5 Å². The van der Waals surface area contributed by atoms with Crippen molar-refractivity contribution < 1.29 is 18.6 Å². The Morgan fingerprint density at radius 1 is 1.22 bits per heavy atom. The normalized spacial score (nSPS) is 10.1. The minimum absolute atomic E-state index is 0.158. The molecule has 0 saturated heterocycles. The van der Waals surface area contributed by atoms with E-state index in [1.54, 1.807) is 7.11 Å². The highest BCUT2D eigenvalue weighted by atomic mass is 19.1. The summed E-state index contributed by atoms with van der Waals surface area (Å²) in [6.45, 7) is 2.02. The quantitative estimate of drug-likeness (QED) is 0.666. The van der Waals surface area contributed by atoms with E-state index in [4.69, 9.17) is 19.5 Å². The third-order valence-electron chi connectivity index (χ3n) is 2.18. The van der Waals surface area contributed by atoms with E-state index < -0.39 is 5.82 Å². The van der Waals surface area contributed by atoms with Crippen LogP contribution in [0.1, 0.15) is 12.0 Å². The highest BCUT2D eigenvalue weighted by Crippen LogP contribution is 2.17. The number of hydrogen-bond acceptors (Lipinski definition) is 4. The standard InChI is InChI=1S/C13H16FNO3/c1-16-7-8-17-5-2-6-18-13-4-3-11(10-15)9-12(13)14/h3-4,9H,2,5-8H2,1H3. The minimum Gasteiger partial charge on any atom is -0.490 e. The molecule has 0 saturated carbocycles. The highest BCUT2D eigenvalue weighted by Gasteiger charge is 2.04. The van der Waals surface area contributed by atoms with Gasteiger partial charge in [-0.25, -0.2) is 4.39 Å². The molecule has 0 unspecified atom stereocenters. The molecule has 0 aliphatic rings. The molecule has 0 aliphatic heterocycles. The van der Waals surface area contributed by atoms with Crippen molar-refractivity contribution in [2.45, 2.75) is 6.42 Å². The summed E-state index contributed by atoms with van der Waals surface area (Å²) in [6.07, 6.45) is 0.670. The Balaban J connectivity index is 2.21. The molecule has 0 spiro atoms. The number of halogens is 1. The lowest BCUT2D eigenvalue weighted by atomic mass is 10.2. The van der Waals surface area contributed by atoms with Crippen LogP contribution in [0, 0.1) is 17.1 Å². The number of ether oxygens (including phenoxy) is 3. The molecule has 5 heteroatoms. The van der Waals surface area contributed by atoms with Crippen LogP contribution in [0.15, 0.2) is 18.2 Å². The van der Waals surface area contributed by atoms with Gasteiger partial charge in [-0.05, 0) is 18.2 Å². The fourth-order valence-corrected chi connectivity index (χ4v) is 1.27. The number of hydrogen-bond donors (Lipinski definition) is 0. The highest BCUT2D eigenvalue weighted by molar-refractivity contribution is 5.35. The van der Waals surface area contributed by atoms with Gasteiger partial charge in [-0.3, -0.25) is 0 Å². The van der Waals surface area contributed by atoms with Crippen LogP contribution in [0.25, 0.3) is 0 Å².